The minimum Gasteiger partial charge on any atom is -0.337 e. The van der Waals surface area contributed by atoms with Gasteiger partial charge in [-0.1, -0.05) is 28.1 Å². The number of alkyl halides is 1. The highest BCUT2D eigenvalue weighted by atomic mass is 79.9. The van der Waals surface area contributed by atoms with Crippen LogP contribution in [0.1, 0.15) is 24.0 Å². The van der Waals surface area contributed by atoms with Gasteiger partial charge in [-0.2, -0.15) is 0 Å². The Morgan fingerprint density at radius 2 is 2.29 bits per heavy atom. The number of aryl methyl sites for hydroxylation is 1. The standard InChI is InChI=1S/C13H15BrFNO/c1-9-4-5-10(7-12(9)15)8-16-6-2-3-11(14)13(16)17/h4-5,7,11H,2-3,6,8H2,1H3. The van der Waals surface area contributed by atoms with E-state index >= 15 is 0 Å². The molecule has 0 spiro atoms. The summed E-state index contributed by atoms with van der Waals surface area (Å²) in [4.78, 5) is 13.6. The van der Waals surface area contributed by atoms with E-state index in [-0.39, 0.29) is 16.6 Å². The van der Waals surface area contributed by atoms with E-state index in [0.717, 1.165) is 24.9 Å². The van der Waals surface area contributed by atoms with Crippen molar-refractivity contribution in [1.29, 1.82) is 0 Å². The van der Waals surface area contributed by atoms with E-state index in [1.165, 1.54) is 6.07 Å². The third-order valence-corrected chi connectivity index (χ3v) is 3.92. The predicted octanol–water partition coefficient (Wildman–Crippen LogP) is 3.02. The lowest BCUT2D eigenvalue weighted by Gasteiger charge is -2.29. The third kappa shape index (κ3) is 2.86. The molecule has 0 radical (unpaired) electrons. The van der Waals surface area contributed by atoms with Gasteiger partial charge in [0.25, 0.3) is 0 Å². The summed E-state index contributed by atoms with van der Waals surface area (Å²) < 4.78 is 13.4. The number of amides is 1. The van der Waals surface area contributed by atoms with Gasteiger partial charge in [-0.25, -0.2) is 4.39 Å². The van der Waals surface area contributed by atoms with E-state index in [1.54, 1.807) is 17.9 Å². The quantitative estimate of drug-likeness (QED) is 0.769. The van der Waals surface area contributed by atoms with Crippen molar-refractivity contribution < 1.29 is 9.18 Å². The van der Waals surface area contributed by atoms with Gasteiger partial charge in [-0.3, -0.25) is 4.79 Å². The van der Waals surface area contributed by atoms with Crippen molar-refractivity contribution in [1.82, 2.24) is 4.90 Å². The molecule has 1 aliphatic rings. The molecule has 1 unspecified atom stereocenters. The highest BCUT2D eigenvalue weighted by molar-refractivity contribution is 9.10. The first-order chi connectivity index (χ1) is 8.08. The van der Waals surface area contributed by atoms with Crippen molar-refractivity contribution in [2.24, 2.45) is 0 Å². The number of hydrogen-bond acceptors (Lipinski definition) is 1. The smallest absolute Gasteiger partial charge is 0.236 e. The van der Waals surface area contributed by atoms with E-state index in [1.807, 2.05) is 6.07 Å². The molecule has 0 saturated carbocycles. The Hall–Kier alpha value is -0.900. The molecule has 0 aliphatic carbocycles. The van der Waals surface area contributed by atoms with E-state index < -0.39 is 0 Å². The number of carbonyl (C=O) groups is 1. The first-order valence-corrected chi connectivity index (χ1v) is 6.67. The summed E-state index contributed by atoms with van der Waals surface area (Å²) in [5.74, 6) is -0.0976. The Morgan fingerprint density at radius 1 is 1.53 bits per heavy atom. The highest BCUT2D eigenvalue weighted by Crippen LogP contribution is 2.21. The molecule has 4 heteroatoms. The van der Waals surface area contributed by atoms with Crippen LogP contribution < -0.4 is 0 Å². The molecule has 1 atom stereocenters. The van der Waals surface area contributed by atoms with Crippen LogP contribution in [0.25, 0.3) is 0 Å². The van der Waals surface area contributed by atoms with E-state index in [4.69, 9.17) is 0 Å². The van der Waals surface area contributed by atoms with Crippen LogP contribution in [0.4, 0.5) is 4.39 Å². The fourth-order valence-corrected chi connectivity index (χ4v) is 2.62. The van der Waals surface area contributed by atoms with Gasteiger partial charge in [-0.15, -0.1) is 0 Å². The topological polar surface area (TPSA) is 20.3 Å². The molecule has 1 heterocycles. The normalized spacial score (nSPS) is 20.8. The molecule has 1 saturated heterocycles. The molecule has 1 aromatic carbocycles. The minimum atomic E-state index is -0.206. The van der Waals surface area contributed by atoms with Crippen LogP contribution in [0.15, 0.2) is 18.2 Å². The second kappa shape index (κ2) is 5.17. The van der Waals surface area contributed by atoms with Crippen LogP contribution >= 0.6 is 15.9 Å². The zero-order valence-corrected chi connectivity index (χ0v) is 11.3. The predicted molar refractivity (Wildman–Crippen MR) is 68.5 cm³/mol. The van der Waals surface area contributed by atoms with Gasteiger partial charge < -0.3 is 4.90 Å². The second-order valence-corrected chi connectivity index (χ2v) is 5.56. The zero-order chi connectivity index (χ0) is 12.4. The lowest BCUT2D eigenvalue weighted by atomic mass is 10.1. The van der Waals surface area contributed by atoms with E-state index in [2.05, 4.69) is 15.9 Å². The minimum absolute atomic E-state index is 0.0773. The van der Waals surface area contributed by atoms with Crippen molar-refractivity contribution >= 4 is 21.8 Å². The summed E-state index contributed by atoms with van der Waals surface area (Å²) in [6, 6.07) is 5.15. The van der Waals surface area contributed by atoms with Crippen molar-refractivity contribution in [3.8, 4) is 0 Å². The Labute approximate surface area is 109 Å². The van der Waals surface area contributed by atoms with Gasteiger partial charge in [0, 0.05) is 13.1 Å². The molecule has 17 heavy (non-hydrogen) atoms. The number of benzene rings is 1. The first kappa shape index (κ1) is 12.6. The van der Waals surface area contributed by atoms with Crippen LogP contribution in [0, 0.1) is 12.7 Å². The van der Waals surface area contributed by atoms with Crippen LogP contribution in [-0.4, -0.2) is 22.2 Å². The zero-order valence-electron chi connectivity index (χ0n) is 9.75. The monoisotopic (exact) mass is 299 g/mol. The molecule has 1 amide bonds. The molecule has 0 N–H and O–H groups in total. The molecule has 1 aromatic rings. The van der Waals surface area contributed by atoms with Crippen LogP contribution in [0.3, 0.4) is 0 Å². The average Bonchev–Trinajstić information content (AvgIpc) is 2.30. The number of hydrogen-bond donors (Lipinski definition) is 0. The maximum atomic E-state index is 13.4. The number of halogens is 2. The van der Waals surface area contributed by atoms with Crippen molar-refractivity contribution in [3.63, 3.8) is 0 Å². The van der Waals surface area contributed by atoms with Gasteiger partial charge in [0.05, 0.1) is 4.83 Å². The van der Waals surface area contributed by atoms with Crippen LogP contribution in [-0.2, 0) is 11.3 Å². The van der Waals surface area contributed by atoms with Gasteiger partial charge in [0.2, 0.25) is 5.91 Å². The molecule has 92 valence electrons. The third-order valence-electron chi connectivity index (χ3n) is 3.07. The Kier molecular flexibility index (Phi) is 3.82. The summed E-state index contributed by atoms with van der Waals surface area (Å²) >= 11 is 3.37. The Balaban J connectivity index is 2.09. The molecular weight excluding hydrogens is 285 g/mol. The van der Waals surface area contributed by atoms with Crippen molar-refractivity contribution in [2.45, 2.75) is 31.1 Å². The average molecular weight is 300 g/mol. The van der Waals surface area contributed by atoms with E-state index in [9.17, 15) is 9.18 Å². The highest BCUT2D eigenvalue weighted by Gasteiger charge is 2.26. The Bertz CT molecular complexity index is 435. The number of rotatable bonds is 2. The van der Waals surface area contributed by atoms with Crippen molar-refractivity contribution in [2.75, 3.05) is 6.54 Å². The maximum Gasteiger partial charge on any atom is 0.236 e. The lowest BCUT2D eigenvalue weighted by molar-refractivity contribution is -0.133. The van der Waals surface area contributed by atoms with Gasteiger partial charge in [0.1, 0.15) is 5.82 Å². The number of carbonyl (C=O) groups excluding carboxylic acids is 1. The van der Waals surface area contributed by atoms with Gasteiger partial charge in [-0.05, 0) is 37.0 Å². The Morgan fingerprint density at radius 3 is 3.00 bits per heavy atom. The van der Waals surface area contributed by atoms with Gasteiger partial charge >= 0.3 is 0 Å². The molecule has 1 aliphatic heterocycles. The SMILES string of the molecule is Cc1ccc(CN2CCCC(Br)C2=O)cc1F. The summed E-state index contributed by atoms with van der Waals surface area (Å²) in [7, 11) is 0. The molecule has 1 fully saturated rings. The fraction of sp³-hybridized carbons (Fsp3) is 0.462. The summed E-state index contributed by atoms with van der Waals surface area (Å²) in [5.41, 5.74) is 1.49. The molecule has 2 nitrogen and oxygen atoms in total. The molecule has 2 rings (SSSR count). The summed E-state index contributed by atoms with van der Waals surface area (Å²) in [6.45, 7) is 2.99. The number of likely N-dealkylation sites (tertiary alicyclic amines) is 1. The van der Waals surface area contributed by atoms with Crippen LogP contribution in [0.2, 0.25) is 0 Å². The number of piperidine rings is 1. The lowest BCUT2D eigenvalue weighted by Crippen LogP contribution is -2.41. The largest absolute Gasteiger partial charge is 0.337 e. The first-order valence-electron chi connectivity index (χ1n) is 5.76. The molecule has 0 aromatic heterocycles. The van der Waals surface area contributed by atoms with E-state index in [0.29, 0.717) is 12.1 Å². The van der Waals surface area contributed by atoms with Gasteiger partial charge in [0.15, 0.2) is 0 Å². The van der Waals surface area contributed by atoms with Crippen LogP contribution in [0.5, 0.6) is 0 Å². The fourth-order valence-electron chi connectivity index (χ4n) is 2.01. The van der Waals surface area contributed by atoms with Crippen molar-refractivity contribution in [3.05, 3.63) is 35.1 Å². The molecular formula is C13H15BrFNO. The molecule has 0 bridgehead atoms. The number of nitrogens with zero attached hydrogens (tertiary/aromatic N) is 1. The summed E-state index contributed by atoms with van der Waals surface area (Å²) in [5, 5.41) is 0. The maximum absolute atomic E-state index is 13.4. The summed E-state index contributed by atoms with van der Waals surface area (Å²) in [6.07, 6.45) is 1.88. The second-order valence-electron chi connectivity index (χ2n) is 4.45.